The van der Waals surface area contributed by atoms with Crippen molar-refractivity contribution in [3.8, 4) is 0 Å². The van der Waals surface area contributed by atoms with Crippen LogP contribution in [0.5, 0.6) is 0 Å². The van der Waals surface area contributed by atoms with Crippen molar-refractivity contribution >= 4 is 23.4 Å². The van der Waals surface area contributed by atoms with E-state index in [0.29, 0.717) is 0 Å². The van der Waals surface area contributed by atoms with Crippen molar-refractivity contribution in [3.63, 3.8) is 0 Å². The molecular weight excluding hydrogens is 273 g/mol. The molecule has 0 saturated carbocycles. The number of halogens is 4. The van der Waals surface area contributed by atoms with Gasteiger partial charge in [-0.25, -0.2) is 9.97 Å². The lowest BCUT2D eigenvalue weighted by Gasteiger charge is -2.07. The van der Waals surface area contributed by atoms with Crippen LogP contribution in [0.15, 0.2) is 11.1 Å². The second-order valence-corrected chi connectivity index (χ2v) is 4.87. The smallest absolute Gasteiger partial charge is 0.213 e. The van der Waals surface area contributed by atoms with Crippen LogP contribution in [0.25, 0.3) is 0 Å². The third kappa shape index (κ3) is 5.12. The van der Waals surface area contributed by atoms with Crippen LogP contribution in [0.3, 0.4) is 0 Å². The lowest BCUT2D eigenvalue weighted by atomic mass is 10.3. The van der Waals surface area contributed by atoms with E-state index >= 15 is 0 Å². The summed E-state index contributed by atoms with van der Waals surface area (Å²) in [7, 11) is 0. The Morgan fingerprint density at radius 1 is 1.29 bits per heavy atom. The Balaban J connectivity index is 2.69. The SMILES string of the molecule is CCCCCSc1cc(C(F)(F)F)nc(Cl)n1. The van der Waals surface area contributed by atoms with E-state index < -0.39 is 11.9 Å². The normalized spacial score (nSPS) is 11.8. The van der Waals surface area contributed by atoms with Gasteiger partial charge in [-0.15, -0.1) is 11.8 Å². The van der Waals surface area contributed by atoms with Crippen LogP contribution in [-0.4, -0.2) is 15.7 Å². The second-order valence-electron chi connectivity index (χ2n) is 3.41. The Bertz CT molecular complexity index is 371. The van der Waals surface area contributed by atoms with Gasteiger partial charge in [-0.2, -0.15) is 13.2 Å². The van der Waals surface area contributed by atoms with Crippen LogP contribution in [0.4, 0.5) is 13.2 Å². The standard InChI is InChI=1S/C10H12ClF3N2S/c1-2-3-4-5-17-8-6-7(10(12,13)14)15-9(11)16-8/h6H,2-5H2,1H3. The minimum atomic E-state index is -4.48. The molecule has 0 spiro atoms. The molecule has 1 heterocycles. The number of unbranched alkanes of at least 4 members (excludes halogenated alkanes) is 2. The highest BCUT2D eigenvalue weighted by Crippen LogP contribution is 2.30. The first kappa shape index (κ1) is 14.6. The summed E-state index contributed by atoms with van der Waals surface area (Å²) in [4.78, 5) is 6.93. The molecule has 7 heteroatoms. The summed E-state index contributed by atoms with van der Waals surface area (Å²) in [5.74, 6) is 0.735. The Hall–Kier alpha value is -0.490. The zero-order chi connectivity index (χ0) is 12.9. The van der Waals surface area contributed by atoms with E-state index in [1.807, 2.05) is 0 Å². The van der Waals surface area contributed by atoms with E-state index in [2.05, 4.69) is 16.9 Å². The van der Waals surface area contributed by atoms with Gasteiger partial charge in [0.05, 0.1) is 0 Å². The molecule has 1 aromatic heterocycles. The Labute approximate surface area is 107 Å². The Kier molecular flexibility index (Phi) is 5.52. The molecule has 0 aliphatic heterocycles. The summed E-state index contributed by atoms with van der Waals surface area (Å²) in [6.07, 6.45) is -1.41. The summed E-state index contributed by atoms with van der Waals surface area (Å²) >= 11 is 6.73. The molecule has 96 valence electrons. The first-order valence-corrected chi connectivity index (χ1v) is 6.54. The molecule has 0 aromatic carbocycles. The predicted molar refractivity (Wildman–Crippen MR) is 62.3 cm³/mol. The van der Waals surface area contributed by atoms with Gasteiger partial charge < -0.3 is 0 Å². The zero-order valence-corrected chi connectivity index (χ0v) is 10.8. The van der Waals surface area contributed by atoms with Crippen LogP contribution >= 0.6 is 23.4 Å². The van der Waals surface area contributed by atoms with Gasteiger partial charge in [0.25, 0.3) is 0 Å². The van der Waals surface area contributed by atoms with Gasteiger partial charge in [0.2, 0.25) is 5.28 Å². The number of nitrogens with zero attached hydrogens (tertiary/aromatic N) is 2. The first-order valence-electron chi connectivity index (χ1n) is 5.18. The number of hydrogen-bond donors (Lipinski definition) is 0. The number of rotatable bonds is 5. The molecule has 1 rings (SSSR count). The van der Waals surface area contributed by atoms with E-state index in [4.69, 9.17) is 11.6 Å². The van der Waals surface area contributed by atoms with Crippen LogP contribution in [0, 0.1) is 0 Å². The molecule has 0 amide bonds. The Morgan fingerprint density at radius 2 is 2.00 bits per heavy atom. The van der Waals surface area contributed by atoms with Gasteiger partial charge in [-0.1, -0.05) is 19.8 Å². The average molecular weight is 285 g/mol. The van der Waals surface area contributed by atoms with Crippen molar-refractivity contribution in [2.24, 2.45) is 0 Å². The number of thioether (sulfide) groups is 1. The fraction of sp³-hybridized carbons (Fsp3) is 0.600. The lowest BCUT2D eigenvalue weighted by molar-refractivity contribution is -0.141. The monoisotopic (exact) mass is 284 g/mol. The molecule has 0 N–H and O–H groups in total. The number of hydrogen-bond acceptors (Lipinski definition) is 3. The molecule has 0 bridgehead atoms. The van der Waals surface area contributed by atoms with Crippen molar-refractivity contribution < 1.29 is 13.2 Å². The molecule has 0 radical (unpaired) electrons. The number of aromatic nitrogens is 2. The van der Waals surface area contributed by atoms with Crippen LogP contribution in [-0.2, 0) is 6.18 Å². The van der Waals surface area contributed by atoms with Crippen molar-refractivity contribution in [1.29, 1.82) is 0 Å². The topological polar surface area (TPSA) is 25.8 Å². The van der Waals surface area contributed by atoms with Crippen molar-refractivity contribution in [1.82, 2.24) is 9.97 Å². The largest absolute Gasteiger partial charge is 0.433 e. The lowest BCUT2D eigenvalue weighted by Crippen LogP contribution is -2.09. The van der Waals surface area contributed by atoms with E-state index in [0.717, 1.165) is 31.1 Å². The third-order valence-electron chi connectivity index (χ3n) is 1.96. The molecule has 1 aromatic rings. The van der Waals surface area contributed by atoms with Crippen LogP contribution in [0.2, 0.25) is 5.28 Å². The molecule has 0 aliphatic carbocycles. The first-order chi connectivity index (χ1) is 7.93. The highest BCUT2D eigenvalue weighted by atomic mass is 35.5. The van der Waals surface area contributed by atoms with Gasteiger partial charge >= 0.3 is 6.18 Å². The predicted octanol–water partition coefficient (Wildman–Crippen LogP) is 4.43. The molecule has 0 unspecified atom stereocenters. The zero-order valence-electron chi connectivity index (χ0n) is 9.22. The van der Waals surface area contributed by atoms with Gasteiger partial charge in [0.15, 0.2) is 5.69 Å². The van der Waals surface area contributed by atoms with Crippen molar-refractivity contribution in [2.45, 2.75) is 37.4 Å². The van der Waals surface area contributed by atoms with E-state index in [-0.39, 0.29) is 10.3 Å². The minimum Gasteiger partial charge on any atom is -0.213 e. The fourth-order valence-electron chi connectivity index (χ4n) is 1.14. The van der Waals surface area contributed by atoms with Gasteiger partial charge in [0.1, 0.15) is 5.03 Å². The van der Waals surface area contributed by atoms with Crippen LogP contribution in [0.1, 0.15) is 31.9 Å². The fourth-order valence-corrected chi connectivity index (χ4v) is 2.28. The maximum absolute atomic E-state index is 12.4. The summed E-state index contributed by atoms with van der Waals surface area (Å²) in [5.41, 5.74) is -0.990. The average Bonchev–Trinajstić information content (AvgIpc) is 2.22. The highest BCUT2D eigenvalue weighted by Gasteiger charge is 2.33. The maximum Gasteiger partial charge on any atom is 0.433 e. The molecule has 0 aliphatic rings. The number of alkyl halides is 3. The van der Waals surface area contributed by atoms with Crippen molar-refractivity contribution in [2.75, 3.05) is 5.75 Å². The van der Waals surface area contributed by atoms with Gasteiger partial charge in [-0.05, 0) is 23.8 Å². The van der Waals surface area contributed by atoms with Crippen LogP contribution < -0.4 is 0 Å². The summed E-state index contributed by atoms with van der Waals surface area (Å²) in [5, 5.41) is -0.0914. The molecule has 2 nitrogen and oxygen atoms in total. The molecule has 17 heavy (non-hydrogen) atoms. The summed E-state index contributed by atoms with van der Waals surface area (Å²) < 4.78 is 37.3. The third-order valence-corrected chi connectivity index (χ3v) is 3.13. The van der Waals surface area contributed by atoms with Gasteiger partial charge in [0, 0.05) is 6.07 Å². The summed E-state index contributed by atoms with van der Waals surface area (Å²) in [6.45, 7) is 2.06. The molecule has 0 fully saturated rings. The minimum absolute atomic E-state index is 0.272. The molecule has 0 saturated heterocycles. The Morgan fingerprint density at radius 3 is 2.59 bits per heavy atom. The van der Waals surface area contributed by atoms with Crippen molar-refractivity contribution in [3.05, 3.63) is 17.0 Å². The molecular formula is C10H12ClF3N2S. The van der Waals surface area contributed by atoms with E-state index in [1.165, 1.54) is 11.8 Å². The maximum atomic E-state index is 12.4. The van der Waals surface area contributed by atoms with E-state index in [1.54, 1.807) is 0 Å². The second kappa shape index (κ2) is 6.44. The molecule has 0 atom stereocenters. The quantitative estimate of drug-likeness (QED) is 0.346. The van der Waals surface area contributed by atoms with Gasteiger partial charge in [-0.3, -0.25) is 0 Å². The summed E-state index contributed by atoms with van der Waals surface area (Å²) in [6, 6.07) is 0.933. The highest BCUT2D eigenvalue weighted by molar-refractivity contribution is 7.99. The van der Waals surface area contributed by atoms with E-state index in [9.17, 15) is 13.2 Å².